The zero-order valence-corrected chi connectivity index (χ0v) is 13.2. The van der Waals surface area contributed by atoms with Gasteiger partial charge in [0.2, 0.25) is 0 Å². The van der Waals surface area contributed by atoms with Crippen LogP contribution < -0.4 is 4.74 Å². The third-order valence-corrected chi connectivity index (χ3v) is 4.58. The quantitative estimate of drug-likeness (QED) is 0.634. The first-order valence-corrected chi connectivity index (χ1v) is 8.03. The second-order valence-electron chi connectivity index (χ2n) is 6.00. The number of hydrogen-bond donors (Lipinski definition) is 2. The highest BCUT2D eigenvalue weighted by atomic mass is 35.5. The fraction of sp³-hybridized carbons (Fsp3) is 0.471. The average Bonchev–Trinajstić information content (AvgIpc) is 2.98. The molecule has 0 spiro atoms. The summed E-state index contributed by atoms with van der Waals surface area (Å²) in [4.78, 5) is 11.3. The lowest BCUT2D eigenvalue weighted by Gasteiger charge is -2.15. The first kappa shape index (κ1) is 16.3. The highest BCUT2D eigenvalue weighted by Gasteiger charge is 2.48. The molecule has 0 bridgehead atoms. The average molecular weight is 339 g/mol. The fourth-order valence-electron chi connectivity index (χ4n) is 3.24. The first-order valence-electron chi connectivity index (χ1n) is 7.65. The Hall–Kier alpha value is -1.56. The second-order valence-corrected chi connectivity index (χ2v) is 6.43. The van der Waals surface area contributed by atoms with Crippen molar-refractivity contribution < 1.29 is 24.5 Å². The van der Waals surface area contributed by atoms with E-state index in [-0.39, 0.29) is 30.5 Å². The van der Waals surface area contributed by atoms with Gasteiger partial charge in [0.1, 0.15) is 24.6 Å². The molecule has 5 nitrogen and oxygen atoms in total. The first-order chi connectivity index (χ1) is 11.0. The molecular formula is C17H19ClO5. The highest BCUT2D eigenvalue weighted by molar-refractivity contribution is 6.30. The minimum Gasteiger partial charge on any atom is -0.491 e. The molecule has 23 heavy (non-hydrogen) atoms. The molecule has 0 amide bonds. The highest BCUT2D eigenvalue weighted by Crippen LogP contribution is 2.42. The SMILES string of the molecule is O=C1C[C@H]2[C@H](/C=C/[C@H](O)COc3cccc(Cl)c3)C(O)C[C@H]2O1. The van der Waals surface area contributed by atoms with Gasteiger partial charge in [-0.15, -0.1) is 0 Å². The molecule has 1 saturated heterocycles. The van der Waals surface area contributed by atoms with Crippen molar-refractivity contribution in [2.24, 2.45) is 11.8 Å². The Morgan fingerprint density at radius 2 is 2.30 bits per heavy atom. The maximum atomic E-state index is 11.3. The number of halogens is 1. The van der Waals surface area contributed by atoms with E-state index < -0.39 is 12.2 Å². The molecule has 124 valence electrons. The van der Waals surface area contributed by atoms with Crippen LogP contribution in [-0.2, 0) is 9.53 Å². The molecule has 1 aromatic carbocycles. The van der Waals surface area contributed by atoms with E-state index in [1.165, 1.54) is 0 Å². The molecule has 0 aromatic heterocycles. The van der Waals surface area contributed by atoms with Gasteiger partial charge in [-0.05, 0) is 18.2 Å². The van der Waals surface area contributed by atoms with Gasteiger partial charge >= 0.3 is 5.97 Å². The van der Waals surface area contributed by atoms with Crippen molar-refractivity contribution in [3.05, 3.63) is 41.4 Å². The van der Waals surface area contributed by atoms with Crippen LogP contribution in [0.3, 0.4) is 0 Å². The number of hydrogen-bond acceptors (Lipinski definition) is 5. The van der Waals surface area contributed by atoms with Crippen LogP contribution >= 0.6 is 11.6 Å². The van der Waals surface area contributed by atoms with Crippen molar-refractivity contribution in [3.8, 4) is 5.75 Å². The molecule has 3 rings (SSSR count). The van der Waals surface area contributed by atoms with Gasteiger partial charge in [-0.1, -0.05) is 29.8 Å². The van der Waals surface area contributed by atoms with Gasteiger partial charge in [0, 0.05) is 23.3 Å². The van der Waals surface area contributed by atoms with Crippen LogP contribution in [0.1, 0.15) is 12.8 Å². The fourth-order valence-corrected chi connectivity index (χ4v) is 3.42. The van der Waals surface area contributed by atoms with E-state index in [9.17, 15) is 15.0 Å². The van der Waals surface area contributed by atoms with Crippen molar-refractivity contribution in [1.29, 1.82) is 0 Å². The number of rotatable bonds is 5. The zero-order chi connectivity index (χ0) is 16.4. The predicted molar refractivity (Wildman–Crippen MR) is 84.2 cm³/mol. The normalized spacial score (nSPS) is 31.2. The van der Waals surface area contributed by atoms with E-state index in [1.807, 2.05) is 0 Å². The number of benzene rings is 1. The van der Waals surface area contributed by atoms with Crippen molar-refractivity contribution in [2.75, 3.05) is 6.61 Å². The lowest BCUT2D eigenvalue weighted by atomic mass is 9.91. The summed E-state index contributed by atoms with van der Waals surface area (Å²) in [6.07, 6.45) is 2.60. The summed E-state index contributed by atoms with van der Waals surface area (Å²) in [6.45, 7) is 0.0865. The van der Waals surface area contributed by atoms with Crippen molar-refractivity contribution >= 4 is 17.6 Å². The van der Waals surface area contributed by atoms with Crippen LogP contribution in [0.2, 0.25) is 5.02 Å². The lowest BCUT2D eigenvalue weighted by molar-refractivity contribution is -0.141. The van der Waals surface area contributed by atoms with Crippen LogP contribution in [0.25, 0.3) is 0 Å². The molecule has 1 aromatic rings. The summed E-state index contributed by atoms with van der Waals surface area (Å²) in [5.74, 6) is 0.193. The van der Waals surface area contributed by atoms with E-state index in [2.05, 4.69) is 0 Å². The second kappa shape index (κ2) is 6.91. The number of fused-ring (bicyclic) bond motifs is 1. The minimum atomic E-state index is -0.807. The number of esters is 1. The Morgan fingerprint density at radius 3 is 3.09 bits per heavy atom. The molecule has 5 atom stereocenters. The van der Waals surface area contributed by atoms with Gasteiger partial charge in [-0.25, -0.2) is 0 Å². The summed E-state index contributed by atoms with van der Waals surface area (Å²) in [6, 6.07) is 6.94. The van der Waals surface area contributed by atoms with Crippen LogP contribution in [0, 0.1) is 11.8 Å². The monoisotopic (exact) mass is 338 g/mol. The molecule has 0 radical (unpaired) electrons. The predicted octanol–water partition coefficient (Wildman–Crippen LogP) is 1.95. The molecule has 2 aliphatic rings. The van der Waals surface area contributed by atoms with Crippen LogP contribution in [0.4, 0.5) is 0 Å². The summed E-state index contributed by atoms with van der Waals surface area (Å²) >= 11 is 5.86. The number of ether oxygens (including phenoxy) is 2. The van der Waals surface area contributed by atoms with Crippen molar-refractivity contribution in [3.63, 3.8) is 0 Å². The molecular weight excluding hydrogens is 320 g/mol. The van der Waals surface area contributed by atoms with E-state index in [1.54, 1.807) is 36.4 Å². The number of aliphatic hydroxyl groups is 2. The Morgan fingerprint density at radius 1 is 1.48 bits per heavy atom. The van der Waals surface area contributed by atoms with Crippen LogP contribution in [0.15, 0.2) is 36.4 Å². The van der Waals surface area contributed by atoms with Gasteiger partial charge < -0.3 is 19.7 Å². The van der Waals surface area contributed by atoms with Gasteiger partial charge in [0.05, 0.1) is 12.5 Å². The van der Waals surface area contributed by atoms with E-state index in [0.29, 0.717) is 23.6 Å². The summed E-state index contributed by atoms with van der Waals surface area (Å²) in [5, 5.41) is 20.6. The standard InChI is InChI=1S/C17H19ClO5/c18-10-2-1-3-12(6-10)22-9-11(19)4-5-13-14-7-17(21)23-16(14)8-15(13)20/h1-6,11,13-16,19-20H,7-9H2/b5-4+/t11-,13-,14-,15?,16+/m0/s1. The van der Waals surface area contributed by atoms with Crippen LogP contribution in [0.5, 0.6) is 5.75 Å². The molecule has 1 aliphatic carbocycles. The van der Waals surface area contributed by atoms with Gasteiger partial charge in [0.15, 0.2) is 0 Å². The molecule has 1 heterocycles. The Labute approximate surface area is 139 Å². The lowest BCUT2D eigenvalue weighted by Crippen LogP contribution is -2.20. The minimum absolute atomic E-state index is 0.00482. The van der Waals surface area contributed by atoms with Crippen molar-refractivity contribution in [1.82, 2.24) is 0 Å². The molecule has 2 N–H and O–H groups in total. The Bertz CT molecular complexity index is 602. The topological polar surface area (TPSA) is 76.0 Å². The Balaban J connectivity index is 1.53. The summed E-state index contributed by atoms with van der Waals surface area (Å²) in [7, 11) is 0. The summed E-state index contributed by atoms with van der Waals surface area (Å²) < 4.78 is 10.6. The number of carbonyl (C=O) groups is 1. The molecule has 6 heteroatoms. The maximum Gasteiger partial charge on any atom is 0.306 e. The third kappa shape index (κ3) is 3.86. The van der Waals surface area contributed by atoms with Gasteiger partial charge in [0.25, 0.3) is 0 Å². The van der Waals surface area contributed by atoms with E-state index in [4.69, 9.17) is 21.1 Å². The smallest absolute Gasteiger partial charge is 0.306 e. The third-order valence-electron chi connectivity index (χ3n) is 4.35. The largest absolute Gasteiger partial charge is 0.491 e. The number of aliphatic hydroxyl groups excluding tert-OH is 2. The molecule has 1 unspecified atom stereocenters. The molecule has 1 aliphatic heterocycles. The number of carbonyl (C=O) groups excluding carboxylic acids is 1. The molecule has 2 fully saturated rings. The maximum absolute atomic E-state index is 11.3. The molecule has 1 saturated carbocycles. The van der Waals surface area contributed by atoms with E-state index in [0.717, 1.165) is 0 Å². The van der Waals surface area contributed by atoms with Crippen molar-refractivity contribution in [2.45, 2.75) is 31.2 Å². The van der Waals surface area contributed by atoms with Gasteiger partial charge in [-0.3, -0.25) is 4.79 Å². The Kier molecular flexibility index (Phi) is 4.90. The summed E-state index contributed by atoms with van der Waals surface area (Å²) in [5.41, 5.74) is 0. The zero-order valence-electron chi connectivity index (χ0n) is 12.5. The van der Waals surface area contributed by atoms with E-state index >= 15 is 0 Å². The van der Waals surface area contributed by atoms with Gasteiger partial charge in [-0.2, -0.15) is 0 Å². The van der Waals surface area contributed by atoms with Crippen LogP contribution in [-0.4, -0.2) is 41.1 Å².